The van der Waals surface area contributed by atoms with Gasteiger partial charge in [0.1, 0.15) is 0 Å². The molecule has 0 saturated heterocycles. The summed E-state index contributed by atoms with van der Waals surface area (Å²) >= 11 is 7.38. The van der Waals surface area contributed by atoms with E-state index in [1.807, 2.05) is 12.1 Å². The van der Waals surface area contributed by atoms with E-state index in [0.717, 1.165) is 17.3 Å². The Morgan fingerprint density at radius 1 is 1.62 bits per heavy atom. The zero-order valence-corrected chi connectivity index (χ0v) is 9.16. The van der Waals surface area contributed by atoms with Crippen LogP contribution in [0.3, 0.4) is 0 Å². The number of thiophene rings is 1. The quantitative estimate of drug-likeness (QED) is 0.797. The summed E-state index contributed by atoms with van der Waals surface area (Å²) in [5.74, 6) is 0. The van der Waals surface area contributed by atoms with E-state index < -0.39 is 0 Å². The number of aliphatic hydroxyl groups is 1. The SMILES string of the molecule is C[C@H](CCO)NCc1ccc(Cl)s1. The molecule has 0 bridgehead atoms. The molecule has 0 radical (unpaired) electrons. The first-order chi connectivity index (χ1) is 6.22. The predicted octanol–water partition coefficient (Wildman–Crippen LogP) is 2.26. The number of hydrogen-bond donors (Lipinski definition) is 2. The lowest BCUT2D eigenvalue weighted by molar-refractivity contribution is 0.269. The number of aliphatic hydroxyl groups excluding tert-OH is 1. The normalized spacial score (nSPS) is 13.2. The molecule has 0 saturated carbocycles. The molecule has 0 aliphatic rings. The molecule has 1 heterocycles. The Bertz CT molecular complexity index is 252. The third-order valence-electron chi connectivity index (χ3n) is 1.82. The van der Waals surface area contributed by atoms with Crippen molar-refractivity contribution < 1.29 is 5.11 Å². The summed E-state index contributed by atoms with van der Waals surface area (Å²) < 4.78 is 0.826. The maximum Gasteiger partial charge on any atom is 0.0931 e. The molecule has 2 N–H and O–H groups in total. The van der Waals surface area contributed by atoms with Crippen molar-refractivity contribution in [3.63, 3.8) is 0 Å². The van der Waals surface area contributed by atoms with Crippen molar-refractivity contribution in [1.82, 2.24) is 5.32 Å². The Kier molecular flexibility index (Phi) is 4.73. The monoisotopic (exact) mass is 219 g/mol. The minimum absolute atomic E-state index is 0.235. The lowest BCUT2D eigenvalue weighted by Crippen LogP contribution is -2.25. The van der Waals surface area contributed by atoms with Crippen LogP contribution in [0.2, 0.25) is 4.34 Å². The molecule has 1 atom stereocenters. The molecule has 74 valence electrons. The Morgan fingerprint density at radius 3 is 2.92 bits per heavy atom. The molecular weight excluding hydrogens is 206 g/mol. The third-order valence-corrected chi connectivity index (χ3v) is 3.05. The highest BCUT2D eigenvalue weighted by Gasteiger charge is 2.01. The molecule has 0 spiro atoms. The molecule has 1 aromatic heterocycles. The van der Waals surface area contributed by atoms with Gasteiger partial charge in [0.05, 0.1) is 4.34 Å². The summed E-state index contributed by atoms with van der Waals surface area (Å²) in [5, 5.41) is 12.0. The zero-order valence-electron chi connectivity index (χ0n) is 7.59. The molecule has 0 aliphatic carbocycles. The fourth-order valence-corrected chi connectivity index (χ4v) is 2.06. The molecule has 4 heteroatoms. The lowest BCUT2D eigenvalue weighted by Gasteiger charge is -2.10. The van der Waals surface area contributed by atoms with Crippen molar-refractivity contribution in [2.45, 2.75) is 25.9 Å². The zero-order chi connectivity index (χ0) is 9.68. The van der Waals surface area contributed by atoms with Crippen LogP contribution in [0.5, 0.6) is 0 Å². The average molecular weight is 220 g/mol. The van der Waals surface area contributed by atoms with Gasteiger partial charge >= 0.3 is 0 Å². The lowest BCUT2D eigenvalue weighted by atomic mass is 10.2. The number of hydrogen-bond acceptors (Lipinski definition) is 3. The van der Waals surface area contributed by atoms with Gasteiger partial charge in [-0.05, 0) is 25.5 Å². The van der Waals surface area contributed by atoms with E-state index in [-0.39, 0.29) is 6.61 Å². The van der Waals surface area contributed by atoms with Crippen LogP contribution in [0.4, 0.5) is 0 Å². The molecule has 0 fully saturated rings. The van der Waals surface area contributed by atoms with Crippen molar-refractivity contribution in [2.24, 2.45) is 0 Å². The van der Waals surface area contributed by atoms with Gasteiger partial charge in [-0.15, -0.1) is 11.3 Å². The summed E-state index contributed by atoms with van der Waals surface area (Å²) in [5.41, 5.74) is 0. The van der Waals surface area contributed by atoms with Crippen molar-refractivity contribution in [1.29, 1.82) is 0 Å². The van der Waals surface area contributed by atoms with E-state index in [4.69, 9.17) is 16.7 Å². The number of halogens is 1. The molecule has 0 aromatic carbocycles. The van der Waals surface area contributed by atoms with E-state index in [1.165, 1.54) is 4.88 Å². The summed E-state index contributed by atoms with van der Waals surface area (Å²) in [6, 6.07) is 4.27. The molecular formula is C9H14ClNOS. The van der Waals surface area contributed by atoms with Gasteiger partial charge in [0, 0.05) is 24.1 Å². The molecule has 2 nitrogen and oxygen atoms in total. The Morgan fingerprint density at radius 2 is 2.38 bits per heavy atom. The Balaban J connectivity index is 2.26. The number of rotatable bonds is 5. The predicted molar refractivity (Wildman–Crippen MR) is 57.3 cm³/mol. The van der Waals surface area contributed by atoms with Gasteiger partial charge in [-0.25, -0.2) is 0 Å². The first-order valence-electron chi connectivity index (χ1n) is 4.31. The smallest absolute Gasteiger partial charge is 0.0931 e. The van der Waals surface area contributed by atoms with Crippen LogP contribution in [0.15, 0.2) is 12.1 Å². The van der Waals surface area contributed by atoms with E-state index in [2.05, 4.69) is 12.2 Å². The van der Waals surface area contributed by atoms with Gasteiger partial charge in [0.2, 0.25) is 0 Å². The van der Waals surface area contributed by atoms with Crippen LogP contribution in [0, 0.1) is 0 Å². The molecule has 0 unspecified atom stereocenters. The molecule has 0 amide bonds. The van der Waals surface area contributed by atoms with Gasteiger partial charge in [0.25, 0.3) is 0 Å². The van der Waals surface area contributed by atoms with Crippen LogP contribution in [0.1, 0.15) is 18.2 Å². The Hall–Kier alpha value is -0.0900. The fourth-order valence-electron chi connectivity index (χ4n) is 1.02. The topological polar surface area (TPSA) is 32.3 Å². The highest BCUT2D eigenvalue weighted by Crippen LogP contribution is 2.21. The van der Waals surface area contributed by atoms with Gasteiger partial charge < -0.3 is 10.4 Å². The van der Waals surface area contributed by atoms with Crippen molar-refractivity contribution in [3.05, 3.63) is 21.3 Å². The minimum Gasteiger partial charge on any atom is -0.396 e. The van der Waals surface area contributed by atoms with Crippen LogP contribution in [-0.4, -0.2) is 17.8 Å². The largest absolute Gasteiger partial charge is 0.396 e. The third kappa shape index (κ3) is 4.09. The maximum absolute atomic E-state index is 8.68. The van der Waals surface area contributed by atoms with E-state index >= 15 is 0 Å². The van der Waals surface area contributed by atoms with E-state index in [1.54, 1.807) is 11.3 Å². The second-order valence-electron chi connectivity index (χ2n) is 3.00. The van der Waals surface area contributed by atoms with E-state index in [9.17, 15) is 0 Å². The number of nitrogens with one attached hydrogen (secondary N) is 1. The summed E-state index contributed by atoms with van der Waals surface area (Å²) in [4.78, 5) is 1.23. The fraction of sp³-hybridized carbons (Fsp3) is 0.556. The van der Waals surface area contributed by atoms with Gasteiger partial charge in [-0.3, -0.25) is 0 Å². The first-order valence-corrected chi connectivity index (χ1v) is 5.50. The second kappa shape index (κ2) is 5.60. The van der Waals surface area contributed by atoms with Gasteiger partial charge in [-0.2, -0.15) is 0 Å². The van der Waals surface area contributed by atoms with Crippen LogP contribution < -0.4 is 5.32 Å². The summed E-state index contributed by atoms with van der Waals surface area (Å²) in [6.45, 7) is 3.13. The highest BCUT2D eigenvalue weighted by atomic mass is 35.5. The standard InChI is InChI=1S/C9H14ClNOS/c1-7(4-5-12)11-6-8-2-3-9(10)13-8/h2-3,7,11-12H,4-6H2,1H3/t7-/m1/s1. The van der Waals surface area contributed by atoms with Crippen molar-refractivity contribution in [2.75, 3.05) is 6.61 Å². The second-order valence-corrected chi connectivity index (χ2v) is 4.80. The Labute approximate surface area is 87.5 Å². The maximum atomic E-state index is 8.68. The van der Waals surface area contributed by atoms with Gasteiger partial charge in [0.15, 0.2) is 0 Å². The molecule has 1 rings (SSSR count). The van der Waals surface area contributed by atoms with Crippen LogP contribution in [-0.2, 0) is 6.54 Å². The summed E-state index contributed by atoms with van der Waals surface area (Å²) in [7, 11) is 0. The average Bonchev–Trinajstić information content (AvgIpc) is 2.49. The molecule has 0 aliphatic heterocycles. The molecule has 1 aromatic rings. The van der Waals surface area contributed by atoms with Gasteiger partial charge in [-0.1, -0.05) is 11.6 Å². The van der Waals surface area contributed by atoms with Crippen LogP contribution in [0.25, 0.3) is 0 Å². The minimum atomic E-state index is 0.235. The molecule has 13 heavy (non-hydrogen) atoms. The van der Waals surface area contributed by atoms with E-state index in [0.29, 0.717) is 6.04 Å². The highest BCUT2D eigenvalue weighted by molar-refractivity contribution is 7.16. The summed E-state index contributed by atoms with van der Waals surface area (Å²) in [6.07, 6.45) is 0.791. The van der Waals surface area contributed by atoms with Crippen LogP contribution >= 0.6 is 22.9 Å². The van der Waals surface area contributed by atoms with Crippen molar-refractivity contribution >= 4 is 22.9 Å². The first kappa shape index (κ1) is 11.0. The van der Waals surface area contributed by atoms with Crippen molar-refractivity contribution in [3.8, 4) is 0 Å².